The van der Waals surface area contributed by atoms with Crippen molar-refractivity contribution in [3.8, 4) is 40.7 Å². The number of piperazine rings is 1. The zero-order valence-electron chi connectivity index (χ0n) is 20.6. The summed E-state index contributed by atoms with van der Waals surface area (Å²) in [5.41, 5.74) is 4.76. The summed E-state index contributed by atoms with van der Waals surface area (Å²) < 4.78 is 3.50. The number of hydrogen-bond acceptors (Lipinski definition) is 6. The monoisotopic (exact) mass is 490 g/mol. The molecule has 2 aliphatic rings. The Balaban J connectivity index is 1.23. The molecule has 2 fully saturated rings. The molecule has 9 heteroatoms. The number of terminal acetylenes is 1. The van der Waals surface area contributed by atoms with E-state index in [9.17, 15) is 10.1 Å². The molecule has 1 saturated heterocycles. The van der Waals surface area contributed by atoms with Gasteiger partial charge in [-0.2, -0.15) is 15.5 Å². The van der Waals surface area contributed by atoms with Gasteiger partial charge in [0.15, 0.2) is 0 Å². The lowest BCUT2D eigenvalue weighted by molar-refractivity contribution is -0.132. The molecule has 4 aromatic heterocycles. The van der Waals surface area contributed by atoms with Gasteiger partial charge in [-0.1, -0.05) is 5.92 Å². The van der Waals surface area contributed by atoms with Gasteiger partial charge in [0, 0.05) is 85.9 Å². The highest BCUT2D eigenvalue weighted by Crippen LogP contribution is 2.48. The first-order valence-electron chi connectivity index (χ1n) is 12.4. The van der Waals surface area contributed by atoms with Crippen LogP contribution < -0.4 is 4.90 Å². The SMILES string of the molecule is C#CC1(CC(=O)N2CCN(c3ccc(-c4cc(-c5cnn(C)c5)cn5ncc(C#N)c45)cn3)CC2)CC1. The van der Waals surface area contributed by atoms with Crippen molar-refractivity contribution in [1.29, 1.82) is 5.26 Å². The third-order valence-electron chi connectivity index (χ3n) is 7.44. The molecular weight excluding hydrogens is 464 g/mol. The van der Waals surface area contributed by atoms with Crippen LogP contribution in [0.25, 0.3) is 27.8 Å². The molecule has 184 valence electrons. The maximum atomic E-state index is 12.7. The first-order chi connectivity index (χ1) is 18.0. The van der Waals surface area contributed by atoms with Crippen molar-refractivity contribution in [2.75, 3.05) is 31.1 Å². The molecule has 37 heavy (non-hydrogen) atoms. The number of carbonyl (C=O) groups excluding carboxylic acids is 1. The molecule has 1 aliphatic heterocycles. The van der Waals surface area contributed by atoms with Gasteiger partial charge in [-0.15, -0.1) is 6.42 Å². The number of aromatic nitrogens is 5. The lowest BCUT2D eigenvalue weighted by Crippen LogP contribution is -2.49. The Labute approximate surface area is 214 Å². The Bertz CT molecular complexity index is 1570. The first-order valence-corrected chi connectivity index (χ1v) is 12.4. The predicted octanol–water partition coefficient (Wildman–Crippen LogP) is 3.12. The van der Waals surface area contributed by atoms with E-state index < -0.39 is 0 Å². The van der Waals surface area contributed by atoms with Crippen molar-refractivity contribution >= 4 is 17.2 Å². The number of hydrogen-bond donors (Lipinski definition) is 0. The second kappa shape index (κ2) is 8.79. The quantitative estimate of drug-likeness (QED) is 0.399. The van der Waals surface area contributed by atoms with E-state index >= 15 is 0 Å². The van der Waals surface area contributed by atoms with Crippen LogP contribution in [0.2, 0.25) is 0 Å². The number of nitrogens with zero attached hydrogens (tertiary/aromatic N) is 8. The van der Waals surface area contributed by atoms with Gasteiger partial charge in [0.2, 0.25) is 5.91 Å². The van der Waals surface area contributed by atoms with Gasteiger partial charge in [0.05, 0.1) is 23.5 Å². The van der Waals surface area contributed by atoms with E-state index in [1.54, 1.807) is 15.4 Å². The van der Waals surface area contributed by atoms with Crippen LogP contribution in [-0.4, -0.2) is 61.4 Å². The van der Waals surface area contributed by atoms with Gasteiger partial charge >= 0.3 is 0 Å². The molecular formula is C28H26N8O. The minimum Gasteiger partial charge on any atom is -0.353 e. The third kappa shape index (κ3) is 4.19. The second-order valence-corrected chi connectivity index (χ2v) is 9.88. The number of amides is 1. The highest BCUT2D eigenvalue weighted by molar-refractivity contribution is 5.87. The van der Waals surface area contributed by atoms with E-state index in [1.165, 1.54) is 0 Å². The van der Waals surface area contributed by atoms with Crippen molar-refractivity contribution in [1.82, 2.24) is 29.3 Å². The molecule has 5 heterocycles. The van der Waals surface area contributed by atoms with Gasteiger partial charge < -0.3 is 9.80 Å². The Hall–Kier alpha value is -4.63. The Morgan fingerprint density at radius 1 is 1.05 bits per heavy atom. The first kappa shape index (κ1) is 22.8. The highest BCUT2D eigenvalue weighted by Gasteiger charge is 2.43. The van der Waals surface area contributed by atoms with E-state index in [2.05, 4.69) is 33.2 Å². The van der Waals surface area contributed by atoms with Crippen LogP contribution in [0, 0.1) is 29.1 Å². The fourth-order valence-electron chi connectivity index (χ4n) is 4.99. The topological polar surface area (TPSA) is 95.4 Å². The molecule has 4 aromatic rings. The van der Waals surface area contributed by atoms with E-state index in [1.807, 2.05) is 48.9 Å². The average Bonchev–Trinajstić information content (AvgIpc) is 3.36. The smallest absolute Gasteiger partial charge is 0.224 e. The molecule has 1 amide bonds. The number of aryl methyl sites for hydroxylation is 1. The number of pyridine rings is 2. The summed E-state index contributed by atoms with van der Waals surface area (Å²) in [7, 11) is 1.88. The van der Waals surface area contributed by atoms with Gasteiger partial charge in [-0.05, 0) is 31.0 Å². The molecule has 0 unspecified atom stereocenters. The van der Waals surface area contributed by atoms with Crippen LogP contribution >= 0.6 is 0 Å². The van der Waals surface area contributed by atoms with E-state index in [-0.39, 0.29) is 11.3 Å². The van der Waals surface area contributed by atoms with Gasteiger partial charge in [-0.3, -0.25) is 9.48 Å². The number of carbonyl (C=O) groups is 1. The van der Waals surface area contributed by atoms with Gasteiger partial charge in [0.1, 0.15) is 11.9 Å². The fourth-order valence-corrected chi connectivity index (χ4v) is 4.99. The maximum absolute atomic E-state index is 12.7. The van der Waals surface area contributed by atoms with E-state index in [4.69, 9.17) is 11.4 Å². The van der Waals surface area contributed by atoms with Crippen LogP contribution in [0.1, 0.15) is 24.8 Å². The highest BCUT2D eigenvalue weighted by atomic mass is 16.2. The largest absolute Gasteiger partial charge is 0.353 e. The summed E-state index contributed by atoms with van der Waals surface area (Å²) in [6.45, 7) is 2.78. The molecule has 1 aliphatic carbocycles. The van der Waals surface area contributed by atoms with Crippen LogP contribution in [0.15, 0.2) is 49.2 Å². The molecule has 0 atom stereocenters. The fraction of sp³-hybridized carbons (Fsp3) is 0.321. The molecule has 0 radical (unpaired) electrons. The van der Waals surface area contributed by atoms with Gasteiger partial charge in [-0.25, -0.2) is 9.50 Å². The Kier molecular flexibility index (Phi) is 5.42. The van der Waals surface area contributed by atoms with Gasteiger partial charge in [0.25, 0.3) is 0 Å². The van der Waals surface area contributed by atoms with Crippen LogP contribution in [0.5, 0.6) is 0 Å². The summed E-state index contributed by atoms with van der Waals surface area (Å²) in [5, 5.41) is 18.4. The predicted molar refractivity (Wildman–Crippen MR) is 139 cm³/mol. The lowest BCUT2D eigenvalue weighted by Gasteiger charge is -2.36. The van der Waals surface area contributed by atoms with Crippen molar-refractivity contribution < 1.29 is 4.79 Å². The van der Waals surface area contributed by atoms with Crippen molar-refractivity contribution in [2.45, 2.75) is 19.3 Å². The summed E-state index contributed by atoms with van der Waals surface area (Å²) >= 11 is 0. The zero-order valence-corrected chi connectivity index (χ0v) is 20.6. The molecule has 0 N–H and O–H groups in total. The molecule has 1 saturated carbocycles. The molecule has 0 bridgehead atoms. The summed E-state index contributed by atoms with van der Waals surface area (Å²) in [4.78, 5) is 21.6. The van der Waals surface area contributed by atoms with Crippen LogP contribution in [0.4, 0.5) is 5.82 Å². The van der Waals surface area contributed by atoms with E-state index in [0.29, 0.717) is 25.1 Å². The van der Waals surface area contributed by atoms with Crippen molar-refractivity contribution in [2.24, 2.45) is 12.5 Å². The standard InChI is InChI=1S/C28H26N8O/c1-3-28(6-7-28)13-26(37)35-10-8-34(9-11-35)25-5-4-20(15-30-25)24-12-21(23-17-31-33(2)18-23)19-36-27(24)22(14-29)16-32-36/h1,4-5,12,15-19H,6-11,13H2,2H3. The molecule has 0 aromatic carbocycles. The average molecular weight is 491 g/mol. The Morgan fingerprint density at radius 2 is 1.86 bits per heavy atom. The minimum absolute atomic E-state index is 0.157. The van der Waals surface area contributed by atoms with Crippen molar-refractivity contribution in [3.63, 3.8) is 0 Å². The second-order valence-electron chi connectivity index (χ2n) is 9.88. The maximum Gasteiger partial charge on any atom is 0.224 e. The summed E-state index contributed by atoms with van der Waals surface area (Å²) in [6, 6.07) is 8.33. The number of rotatable bonds is 5. The number of fused-ring (bicyclic) bond motifs is 1. The third-order valence-corrected chi connectivity index (χ3v) is 7.44. The lowest BCUT2D eigenvalue weighted by atomic mass is 10.0. The Morgan fingerprint density at radius 3 is 2.49 bits per heavy atom. The zero-order chi connectivity index (χ0) is 25.6. The normalized spacial score (nSPS) is 16.4. The van der Waals surface area contributed by atoms with Crippen LogP contribution in [0.3, 0.4) is 0 Å². The molecule has 9 nitrogen and oxygen atoms in total. The minimum atomic E-state index is -0.188. The van der Waals surface area contributed by atoms with E-state index in [0.717, 1.165) is 59.5 Å². The van der Waals surface area contributed by atoms with Crippen LogP contribution in [-0.2, 0) is 11.8 Å². The summed E-state index contributed by atoms with van der Waals surface area (Å²) in [5.74, 6) is 3.84. The number of anilines is 1. The van der Waals surface area contributed by atoms with Crippen molar-refractivity contribution in [3.05, 3.63) is 54.7 Å². The number of nitriles is 1. The summed E-state index contributed by atoms with van der Waals surface area (Å²) in [6.07, 6.45) is 17.1. The molecule has 6 rings (SSSR count). The molecule has 0 spiro atoms.